The third-order valence-electron chi connectivity index (χ3n) is 2.81. The van der Waals surface area contributed by atoms with Gasteiger partial charge in [-0.25, -0.2) is 4.79 Å². The maximum Gasteiger partial charge on any atom is 0.344 e. The van der Waals surface area contributed by atoms with Crippen molar-refractivity contribution >= 4 is 17.6 Å². The molecule has 5 heteroatoms. The molecule has 5 nitrogen and oxygen atoms in total. The molecular formula is C16H15NO4. The number of aliphatic carboxylic acids is 1. The molecule has 1 amide bonds. The van der Waals surface area contributed by atoms with E-state index in [0.717, 1.165) is 0 Å². The number of carbonyl (C=O) groups excluding carboxylic acids is 1. The molecule has 2 aromatic carbocycles. The first-order valence-electron chi connectivity index (χ1n) is 6.43. The van der Waals surface area contributed by atoms with E-state index >= 15 is 0 Å². The van der Waals surface area contributed by atoms with Crippen LogP contribution in [0.3, 0.4) is 0 Å². The van der Waals surface area contributed by atoms with Gasteiger partial charge in [-0.15, -0.1) is 0 Å². The molecule has 0 aliphatic heterocycles. The van der Waals surface area contributed by atoms with Crippen LogP contribution in [0.15, 0.2) is 54.6 Å². The second-order valence-electron chi connectivity index (χ2n) is 4.41. The van der Waals surface area contributed by atoms with Crippen molar-refractivity contribution in [2.75, 3.05) is 5.32 Å². The number of carbonyl (C=O) groups is 2. The summed E-state index contributed by atoms with van der Waals surface area (Å²) in [6, 6.07) is 15.5. The van der Waals surface area contributed by atoms with Crippen LogP contribution in [0.25, 0.3) is 0 Å². The van der Waals surface area contributed by atoms with Crippen LogP contribution in [-0.2, 0) is 4.79 Å². The molecule has 2 rings (SSSR count). The van der Waals surface area contributed by atoms with Crippen LogP contribution < -0.4 is 10.1 Å². The quantitative estimate of drug-likeness (QED) is 0.885. The average molecular weight is 285 g/mol. The molecular weight excluding hydrogens is 270 g/mol. The summed E-state index contributed by atoms with van der Waals surface area (Å²) >= 11 is 0. The topological polar surface area (TPSA) is 75.6 Å². The summed E-state index contributed by atoms with van der Waals surface area (Å²) in [4.78, 5) is 23.1. The van der Waals surface area contributed by atoms with Crippen molar-refractivity contribution in [1.29, 1.82) is 0 Å². The van der Waals surface area contributed by atoms with Crippen molar-refractivity contribution in [2.24, 2.45) is 0 Å². The normalized spacial score (nSPS) is 11.5. The Morgan fingerprint density at radius 2 is 1.67 bits per heavy atom. The zero-order chi connectivity index (χ0) is 15.2. The highest BCUT2D eigenvalue weighted by molar-refractivity contribution is 6.06. The van der Waals surface area contributed by atoms with Gasteiger partial charge in [0.05, 0.1) is 5.56 Å². The van der Waals surface area contributed by atoms with Gasteiger partial charge in [-0.3, -0.25) is 4.79 Å². The van der Waals surface area contributed by atoms with E-state index in [9.17, 15) is 9.59 Å². The minimum atomic E-state index is -1.09. The second kappa shape index (κ2) is 6.56. The predicted molar refractivity (Wildman–Crippen MR) is 78.6 cm³/mol. The lowest BCUT2D eigenvalue weighted by molar-refractivity contribution is -0.144. The lowest BCUT2D eigenvalue weighted by atomic mass is 10.1. The van der Waals surface area contributed by atoms with Crippen LogP contribution in [-0.4, -0.2) is 23.1 Å². The lowest BCUT2D eigenvalue weighted by Gasteiger charge is -2.14. The van der Waals surface area contributed by atoms with E-state index in [4.69, 9.17) is 9.84 Å². The molecule has 2 N–H and O–H groups in total. The van der Waals surface area contributed by atoms with Gasteiger partial charge in [-0.2, -0.15) is 0 Å². The number of benzene rings is 2. The molecule has 0 saturated carbocycles. The van der Waals surface area contributed by atoms with Crippen molar-refractivity contribution in [3.63, 3.8) is 0 Å². The number of carboxylic acids is 1. The summed E-state index contributed by atoms with van der Waals surface area (Å²) in [5, 5.41) is 11.6. The molecule has 1 unspecified atom stereocenters. The molecule has 0 spiro atoms. The predicted octanol–water partition coefficient (Wildman–Crippen LogP) is 2.79. The molecule has 0 aromatic heterocycles. The highest BCUT2D eigenvalue weighted by atomic mass is 16.5. The first-order valence-corrected chi connectivity index (χ1v) is 6.43. The van der Waals surface area contributed by atoms with Crippen molar-refractivity contribution in [2.45, 2.75) is 13.0 Å². The van der Waals surface area contributed by atoms with E-state index in [-0.39, 0.29) is 17.2 Å². The fraction of sp³-hybridized carbons (Fsp3) is 0.125. The summed E-state index contributed by atoms with van der Waals surface area (Å²) in [6.07, 6.45) is -1.03. The number of ether oxygens (including phenoxy) is 1. The van der Waals surface area contributed by atoms with Gasteiger partial charge in [0, 0.05) is 5.69 Å². The van der Waals surface area contributed by atoms with Gasteiger partial charge in [0.1, 0.15) is 5.75 Å². The lowest BCUT2D eigenvalue weighted by Crippen LogP contribution is -2.24. The monoisotopic (exact) mass is 285 g/mol. The number of nitrogens with one attached hydrogen (secondary N) is 1. The van der Waals surface area contributed by atoms with E-state index in [1.807, 2.05) is 18.2 Å². The summed E-state index contributed by atoms with van der Waals surface area (Å²) in [5.74, 6) is -1.21. The smallest absolute Gasteiger partial charge is 0.344 e. The molecule has 0 fully saturated rings. The molecule has 0 bridgehead atoms. The van der Waals surface area contributed by atoms with E-state index < -0.39 is 12.1 Å². The number of amides is 1. The zero-order valence-electron chi connectivity index (χ0n) is 11.4. The Balaban J connectivity index is 2.19. The molecule has 0 heterocycles. The van der Waals surface area contributed by atoms with Crippen molar-refractivity contribution in [3.05, 3.63) is 60.2 Å². The Hall–Kier alpha value is -2.82. The first-order chi connectivity index (χ1) is 10.1. The van der Waals surface area contributed by atoms with Crippen LogP contribution in [0.4, 0.5) is 5.69 Å². The van der Waals surface area contributed by atoms with E-state index in [0.29, 0.717) is 5.69 Å². The third-order valence-corrected chi connectivity index (χ3v) is 2.81. The number of carboxylic acid groups (broad SMARTS) is 1. The Bertz CT molecular complexity index is 640. The summed E-state index contributed by atoms with van der Waals surface area (Å²) in [6.45, 7) is 1.41. The van der Waals surface area contributed by atoms with E-state index in [1.54, 1.807) is 36.4 Å². The molecule has 0 radical (unpaired) electrons. The maximum atomic E-state index is 12.2. The number of rotatable bonds is 5. The Morgan fingerprint density at radius 3 is 2.33 bits per heavy atom. The van der Waals surface area contributed by atoms with Gasteiger partial charge < -0.3 is 15.2 Å². The number of para-hydroxylation sites is 2. The van der Waals surface area contributed by atoms with Crippen LogP contribution in [0.5, 0.6) is 5.75 Å². The Kier molecular flexibility index (Phi) is 4.56. The molecule has 2 aromatic rings. The van der Waals surface area contributed by atoms with Gasteiger partial charge >= 0.3 is 5.97 Å². The molecule has 21 heavy (non-hydrogen) atoms. The summed E-state index contributed by atoms with van der Waals surface area (Å²) < 4.78 is 5.31. The fourth-order valence-corrected chi connectivity index (χ4v) is 1.72. The first kappa shape index (κ1) is 14.6. The molecule has 108 valence electrons. The summed E-state index contributed by atoms with van der Waals surface area (Å²) in [5.41, 5.74) is 0.943. The summed E-state index contributed by atoms with van der Waals surface area (Å²) in [7, 11) is 0. The molecule has 0 saturated heterocycles. The van der Waals surface area contributed by atoms with E-state index in [1.165, 1.54) is 6.92 Å². The number of hydrogen-bond acceptors (Lipinski definition) is 3. The van der Waals surface area contributed by atoms with Crippen LogP contribution in [0, 0.1) is 0 Å². The minimum Gasteiger partial charge on any atom is -0.479 e. The van der Waals surface area contributed by atoms with Crippen LogP contribution in [0.1, 0.15) is 17.3 Å². The zero-order valence-corrected chi connectivity index (χ0v) is 11.4. The molecule has 0 aliphatic carbocycles. The number of hydrogen-bond donors (Lipinski definition) is 2. The van der Waals surface area contributed by atoms with Gasteiger partial charge in [0.25, 0.3) is 5.91 Å². The minimum absolute atomic E-state index is 0.237. The SMILES string of the molecule is CC(Oc1ccccc1C(=O)Nc1ccccc1)C(=O)O. The van der Waals surface area contributed by atoms with Gasteiger partial charge in [0.15, 0.2) is 6.10 Å². The van der Waals surface area contributed by atoms with E-state index in [2.05, 4.69) is 5.32 Å². The standard InChI is InChI=1S/C16H15NO4/c1-11(16(19)20)21-14-10-6-5-9-13(14)15(18)17-12-7-3-2-4-8-12/h2-11H,1H3,(H,17,18)(H,19,20). The van der Waals surface area contributed by atoms with Crippen LogP contribution in [0.2, 0.25) is 0 Å². The number of anilines is 1. The molecule has 0 aliphatic rings. The maximum absolute atomic E-state index is 12.2. The highest BCUT2D eigenvalue weighted by Gasteiger charge is 2.17. The van der Waals surface area contributed by atoms with Crippen molar-refractivity contribution in [1.82, 2.24) is 0 Å². The Labute approximate surface area is 122 Å². The Morgan fingerprint density at radius 1 is 1.05 bits per heavy atom. The van der Waals surface area contributed by atoms with Crippen molar-refractivity contribution < 1.29 is 19.4 Å². The van der Waals surface area contributed by atoms with Gasteiger partial charge in [-0.1, -0.05) is 30.3 Å². The van der Waals surface area contributed by atoms with Crippen LogP contribution >= 0.6 is 0 Å². The van der Waals surface area contributed by atoms with Gasteiger partial charge in [-0.05, 0) is 31.2 Å². The van der Waals surface area contributed by atoms with Gasteiger partial charge in [0.2, 0.25) is 0 Å². The third kappa shape index (κ3) is 3.82. The molecule has 1 atom stereocenters. The fourth-order valence-electron chi connectivity index (χ4n) is 1.72. The van der Waals surface area contributed by atoms with Crippen molar-refractivity contribution in [3.8, 4) is 5.75 Å². The second-order valence-corrected chi connectivity index (χ2v) is 4.41. The highest BCUT2D eigenvalue weighted by Crippen LogP contribution is 2.21. The average Bonchev–Trinajstić information content (AvgIpc) is 2.48. The largest absolute Gasteiger partial charge is 0.479 e.